The van der Waals surface area contributed by atoms with Gasteiger partial charge in [0.2, 0.25) is 5.75 Å². The monoisotopic (exact) mass is 428 g/mol. The molecule has 0 aliphatic rings. The predicted octanol–water partition coefficient (Wildman–Crippen LogP) is 5.80. The molecule has 11 heteroatoms. The maximum Gasteiger partial charge on any atom is 0.511 e. The summed E-state index contributed by atoms with van der Waals surface area (Å²) < 4.78 is 62.0. The number of ether oxygens (including phenoxy) is 2. The van der Waals surface area contributed by atoms with Crippen molar-refractivity contribution in [1.29, 1.82) is 0 Å². The molecule has 0 atom stereocenters. The van der Waals surface area contributed by atoms with Crippen molar-refractivity contribution < 1.29 is 36.9 Å². The third kappa shape index (κ3) is 4.72. The number of carboxylic acid groups (broad SMARTS) is 1. The molecule has 0 spiro atoms. The topological polar surface area (TPSA) is 81.5 Å². The fraction of sp³-hybridized carbons (Fsp3) is 0.0556. The number of hydrogen-bond donors (Lipinski definition) is 1. The first kappa shape index (κ1) is 20.3. The molecule has 150 valence electrons. The largest absolute Gasteiger partial charge is 0.511 e. The van der Waals surface area contributed by atoms with Crippen LogP contribution in [0.15, 0.2) is 48.7 Å². The van der Waals surface area contributed by atoms with E-state index >= 15 is 0 Å². The molecule has 2 aromatic carbocycles. The molecule has 0 fully saturated rings. The van der Waals surface area contributed by atoms with Crippen LogP contribution in [0, 0.1) is 5.82 Å². The third-order valence-corrected chi connectivity index (χ3v) is 3.81. The molecule has 0 saturated carbocycles. The van der Waals surface area contributed by atoms with Crippen molar-refractivity contribution in [2.24, 2.45) is 0 Å². The highest BCUT2D eigenvalue weighted by molar-refractivity contribution is 6.32. The molecule has 0 aliphatic heterocycles. The van der Waals surface area contributed by atoms with Gasteiger partial charge in [-0.15, -0.1) is 0 Å². The van der Waals surface area contributed by atoms with Crippen molar-refractivity contribution in [3.8, 4) is 28.8 Å². The first-order valence-corrected chi connectivity index (χ1v) is 8.10. The Bertz CT molecular complexity index is 1080. The lowest BCUT2D eigenvalue weighted by Crippen LogP contribution is -2.08. The fourth-order valence-electron chi connectivity index (χ4n) is 2.25. The van der Waals surface area contributed by atoms with Crippen molar-refractivity contribution in [1.82, 2.24) is 9.97 Å². The van der Waals surface area contributed by atoms with E-state index in [-0.39, 0.29) is 28.0 Å². The lowest BCUT2D eigenvalue weighted by molar-refractivity contribution is -0.139. The molecule has 6 nitrogen and oxygen atoms in total. The van der Waals surface area contributed by atoms with E-state index < -0.39 is 29.5 Å². The normalized spacial score (nSPS) is 11.2. The molecule has 0 saturated heterocycles. The average molecular weight is 429 g/mol. The molecule has 0 aliphatic carbocycles. The number of benzene rings is 2. The number of nitrogens with zero attached hydrogens (tertiary/aromatic N) is 2. The lowest BCUT2D eigenvalue weighted by Gasteiger charge is -2.12. The van der Waals surface area contributed by atoms with Gasteiger partial charge in [-0.25, -0.2) is 14.2 Å². The van der Waals surface area contributed by atoms with Gasteiger partial charge in [-0.1, -0.05) is 29.8 Å². The Morgan fingerprint density at radius 2 is 1.83 bits per heavy atom. The van der Waals surface area contributed by atoms with Crippen LogP contribution < -0.4 is 9.47 Å². The van der Waals surface area contributed by atoms with Crippen LogP contribution >= 0.6 is 11.6 Å². The second kappa shape index (κ2) is 7.92. The fourth-order valence-corrected chi connectivity index (χ4v) is 2.42. The maximum absolute atomic E-state index is 13.9. The summed E-state index contributed by atoms with van der Waals surface area (Å²) in [5.41, 5.74) is -1.54. The summed E-state index contributed by atoms with van der Waals surface area (Å²) in [7, 11) is 0. The average Bonchev–Trinajstić information content (AvgIpc) is 2.63. The number of rotatable bonds is 4. The molecule has 3 aromatic rings. The van der Waals surface area contributed by atoms with Gasteiger partial charge in [0.15, 0.2) is 5.82 Å². The Hall–Kier alpha value is -3.40. The number of hydrogen-bond acceptors (Lipinski definition) is 5. The molecule has 29 heavy (non-hydrogen) atoms. The van der Waals surface area contributed by atoms with Gasteiger partial charge in [0.1, 0.15) is 11.6 Å². The van der Waals surface area contributed by atoms with Gasteiger partial charge in [0.05, 0.1) is 16.8 Å². The second-order valence-electron chi connectivity index (χ2n) is 5.46. The highest BCUT2D eigenvalue weighted by atomic mass is 35.5. The Kier molecular flexibility index (Phi) is 5.55. The molecule has 3 rings (SSSR count). The van der Waals surface area contributed by atoms with Crippen molar-refractivity contribution >= 4 is 17.8 Å². The van der Waals surface area contributed by atoms with E-state index in [4.69, 9.17) is 21.4 Å². The van der Waals surface area contributed by atoms with Gasteiger partial charge in [0.25, 0.3) is 5.88 Å². The van der Waals surface area contributed by atoms with E-state index in [2.05, 4.69) is 14.7 Å². The first-order chi connectivity index (χ1) is 13.6. The zero-order valence-corrected chi connectivity index (χ0v) is 14.8. The maximum atomic E-state index is 13.9. The molecule has 1 aromatic heterocycles. The molecule has 0 unspecified atom stereocenters. The zero-order chi connectivity index (χ0) is 21.2. The quantitative estimate of drug-likeness (QED) is 0.417. The Morgan fingerprint density at radius 1 is 1.10 bits per heavy atom. The van der Waals surface area contributed by atoms with Gasteiger partial charge in [-0.3, -0.25) is 0 Å². The molecule has 0 amide bonds. The highest BCUT2D eigenvalue weighted by Crippen LogP contribution is 2.36. The van der Waals surface area contributed by atoms with E-state index in [0.717, 1.165) is 12.3 Å². The summed E-state index contributed by atoms with van der Waals surface area (Å²) in [5.74, 6) is -2.41. The number of halogens is 5. The number of alkyl halides is 3. The van der Waals surface area contributed by atoms with Crippen LogP contribution in [0.3, 0.4) is 0 Å². The summed E-state index contributed by atoms with van der Waals surface area (Å²) in [4.78, 5) is 18.6. The van der Waals surface area contributed by atoms with Crippen LogP contribution in [0.1, 0.15) is 5.56 Å². The third-order valence-electron chi connectivity index (χ3n) is 3.50. The van der Waals surface area contributed by atoms with Crippen LogP contribution in [0.5, 0.6) is 17.4 Å². The van der Waals surface area contributed by atoms with E-state index in [0.29, 0.717) is 12.1 Å². The summed E-state index contributed by atoms with van der Waals surface area (Å²) in [6, 6.07) is 8.30. The predicted molar refractivity (Wildman–Crippen MR) is 92.6 cm³/mol. The minimum Gasteiger partial charge on any atom is -0.449 e. The summed E-state index contributed by atoms with van der Waals surface area (Å²) in [5, 5.41) is 9.00. The molecule has 0 bridgehead atoms. The zero-order valence-electron chi connectivity index (χ0n) is 14.1. The van der Waals surface area contributed by atoms with E-state index in [1.165, 1.54) is 12.1 Å². The molecule has 1 N–H and O–H groups in total. The van der Waals surface area contributed by atoms with Crippen molar-refractivity contribution in [3.63, 3.8) is 0 Å². The number of carbonyl (C=O) groups is 1. The minimum atomic E-state index is -4.86. The minimum absolute atomic E-state index is 0.0959. The van der Waals surface area contributed by atoms with E-state index in [9.17, 15) is 22.4 Å². The van der Waals surface area contributed by atoms with E-state index in [1.54, 1.807) is 12.1 Å². The summed E-state index contributed by atoms with van der Waals surface area (Å²) in [6.07, 6.45) is -5.61. The molecular weight excluding hydrogens is 420 g/mol. The SMILES string of the molecule is O=C(O)Oc1cnc(-c2ccc(C(F)(F)F)c(F)c2)nc1Oc1ccccc1Cl. The van der Waals surface area contributed by atoms with Crippen molar-refractivity contribution in [2.45, 2.75) is 6.18 Å². The molecule has 0 radical (unpaired) electrons. The smallest absolute Gasteiger partial charge is 0.449 e. The second-order valence-corrected chi connectivity index (χ2v) is 5.86. The van der Waals surface area contributed by atoms with Crippen molar-refractivity contribution in [2.75, 3.05) is 0 Å². The number of aromatic nitrogens is 2. The Morgan fingerprint density at radius 3 is 2.45 bits per heavy atom. The van der Waals surface area contributed by atoms with Gasteiger partial charge >= 0.3 is 12.3 Å². The molecule has 1 heterocycles. The van der Waals surface area contributed by atoms with Gasteiger partial charge in [0, 0.05) is 5.56 Å². The van der Waals surface area contributed by atoms with Crippen LogP contribution in [-0.2, 0) is 6.18 Å². The first-order valence-electron chi connectivity index (χ1n) is 7.72. The standard InChI is InChI=1S/C18H9ClF4N2O4/c19-11-3-1-2-4-13(11)28-16-14(29-17(26)27)8-24-15(25-16)9-5-6-10(12(20)7-9)18(21,22)23/h1-8H,(H,26,27). The van der Waals surface area contributed by atoms with Gasteiger partial charge in [-0.05, 0) is 24.3 Å². The van der Waals surface area contributed by atoms with Gasteiger partial charge < -0.3 is 14.6 Å². The molecular formula is C18H9ClF4N2O4. The summed E-state index contributed by atoms with van der Waals surface area (Å²) >= 11 is 5.99. The summed E-state index contributed by atoms with van der Waals surface area (Å²) in [6.45, 7) is 0. The number of para-hydroxylation sites is 1. The van der Waals surface area contributed by atoms with Crippen LogP contribution in [0.25, 0.3) is 11.4 Å². The van der Waals surface area contributed by atoms with E-state index in [1.807, 2.05) is 0 Å². The Labute approximate surface area is 165 Å². The highest BCUT2D eigenvalue weighted by Gasteiger charge is 2.34. The van der Waals surface area contributed by atoms with Crippen LogP contribution in [-0.4, -0.2) is 21.2 Å². The Balaban J connectivity index is 2.04. The van der Waals surface area contributed by atoms with Crippen molar-refractivity contribution in [3.05, 3.63) is 65.1 Å². The van der Waals surface area contributed by atoms with Crippen LogP contribution in [0.2, 0.25) is 5.02 Å². The lowest BCUT2D eigenvalue weighted by atomic mass is 10.1. The van der Waals surface area contributed by atoms with Gasteiger partial charge in [-0.2, -0.15) is 18.2 Å². The van der Waals surface area contributed by atoms with Crippen LogP contribution in [0.4, 0.5) is 22.4 Å².